The van der Waals surface area contributed by atoms with Crippen molar-refractivity contribution in [3.8, 4) is 0 Å². The molecule has 0 atom stereocenters. The van der Waals surface area contributed by atoms with Gasteiger partial charge in [-0.25, -0.2) is 5.01 Å². The molecule has 0 bridgehead atoms. The van der Waals surface area contributed by atoms with Crippen molar-refractivity contribution < 1.29 is 0 Å². The summed E-state index contributed by atoms with van der Waals surface area (Å²) in [6.07, 6.45) is 6.88. The zero-order valence-corrected chi connectivity index (χ0v) is 6.71. The van der Waals surface area contributed by atoms with Crippen molar-refractivity contribution in [2.45, 2.75) is 6.42 Å². The Balaban J connectivity index is 2.30. The number of allylic oxidation sites excluding steroid dienone is 1. The molecule has 2 nitrogen and oxygen atoms in total. The van der Waals surface area contributed by atoms with E-state index in [-0.39, 0.29) is 0 Å². The van der Waals surface area contributed by atoms with E-state index in [1.807, 2.05) is 12.2 Å². The average molecular weight is 150 g/mol. The van der Waals surface area contributed by atoms with Crippen molar-refractivity contribution in [2.24, 2.45) is 0 Å². The molecule has 11 heavy (non-hydrogen) atoms. The largest absolute Gasteiger partial charge is 0.322 e. The third kappa shape index (κ3) is 2.24. The van der Waals surface area contributed by atoms with Crippen molar-refractivity contribution >= 4 is 0 Å². The Morgan fingerprint density at radius 1 is 1.55 bits per heavy atom. The Morgan fingerprint density at radius 3 is 3.00 bits per heavy atom. The molecular formula is C9H14N2. The number of rotatable bonds is 4. The molecule has 1 rings (SSSR count). The van der Waals surface area contributed by atoms with Gasteiger partial charge in [0.2, 0.25) is 0 Å². The average Bonchev–Trinajstić information content (AvgIpc) is 2.38. The van der Waals surface area contributed by atoms with Gasteiger partial charge >= 0.3 is 0 Å². The monoisotopic (exact) mass is 150 g/mol. The van der Waals surface area contributed by atoms with Crippen LogP contribution in [0.15, 0.2) is 37.1 Å². The van der Waals surface area contributed by atoms with Gasteiger partial charge in [0.25, 0.3) is 0 Å². The van der Waals surface area contributed by atoms with Crippen LogP contribution in [0.3, 0.4) is 0 Å². The molecule has 1 N–H and O–H groups in total. The Kier molecular flexibility index (Phi) is 2.93. The topological polar surface area (TPSA) is 15.3 Å². The quantitative estimate of drug-likeness (QED) is 0.610. The number of nitrogens with one attached hydrogen (secondary N) is 1. The summed E-state index contributed by atoms with van der Waals surface area (Å²) >= 11 is 0. The van der Waals surface area contributed by atoms with Gasteiger partial charge in [-0.15, -0.1) is 13.2 Å². The molecule has 0 fully saturated rings. The summed E-state index contributed by atoms with van der Waals surface area (Å²) in [5, 5.41) is 2.10. The van der Waals surface area contributed by atoms with E-state index in [0.29, 0.717) is 0 Å². The lowest BCUT2D eigenvalue weighted by atomic mass is 10.3. The van der Waals surface area contributed by atoms with Crippen molar-refractivity contribution in [3.05, 3.63) is 37.1 Å². The molecule has 1 aliphatic heterocycles. The Labute approximate surface area is 67.9 Å². The van der Waals surface area contributed by atoms with Crippen molar-refractivity contribution in [3.63, 3.8) is 0 Å². The first-order valence-electron chi connectivity index (χ1n) is 3.79. The molecule has 60 valence electrons. The molecular weight excluding hydrogens is 136 g/mol. The van der Waals surface area contributed by atoms with Gasteiger partial charge in [-0.1, -0.05) is 12.2 Å². The van der Waals surface area contributed by atoms with E-state index in [0.717, 1.165) is 19.5 Å². The molecule has 0 saturated carbocycles. The van der Waals surface area contributed by atoms with Crippen molar-refractivity contribution in [1.82, 2.24) is 10.4 Å². The maximum atomic E-state index is 3.68. The third-order valence-electron chi connectivity index (χ3n) is 1.57. The second-order valence-corrected chi connectivity index (χ2v) is 2.53. The third-order valence-corrected chi connectivity index (χ3v) is 1.57. The SMILES string of the molecule is C=CCC1=CCN(CC=C)N1. The highest BCUT2D eigenvalue weighted by Gasteiger charge is 2.08. The smallest absolute Gasteiger partial charge is 0.0383 e. The lowest BCUT2D eigenvalue weighted by molar-refractivity contribution is 0.287. The van der Waals surface area contributed by atoms with Crippen LogP contribution in [0.2, 0.25) is 0 Å². The zero-order valence-electron chi connectivity index (χ0n) is 6.71. The molecule has 0 aliphatic carbocycles. The predicted octanol–water partition coefficient (Wildman–Crippen LogP) is 1.45. The molecule has 0 amide bonds. The van der Waals surface area contributed by atoms with Gasteiger partial charge in [0, 0.05) is 25.2 Å². The fraction of sp³-hybridized carbons (Fsp3) is 0.333. The van der Waals surface area contributed by atoms with Crippen LogP contribution in [0.4, 0.5) is 0 Å². The van der Waals surface area contributed by atoms with Gasteiger partial charge in [0.1, 0.15) is 0 Å². The standard InChI is InChI=1S/C9H14N2/c1-3-5-9-6-8-11(10-9)7-4-2/h3-4,6,10H,1-2,5,7-8H2. The van der Waals surface area contributed by atoms with Crippen molar-refractivity contribution in [1.29, 1.82) is 0 Å². The minimum Gasteiger partial charge on any atom is -0.322 e. The first-order chi connectivity index (χ1) is 5.36. The van der Waals surface area contributed by atoms with E-state index in [1.165, 1.54) is 5.70 Å². The lowest BCUT2D eigenvalue weighted by Crippen LogP contribution is -2.31. The van der Waals surface area contributed by atoms with E-state index in [9.17, 15) is 0 Å². The fourth-order valence-corrected chi connectivity index (χ4v) is 1.08. The second kappa shape index (κ2) is 3.98. The van der Waals surface area contributed by atoms with Gasteiger partial charge in [-0.3, -0.25) is 0 Å². The Morgan fingerprint density at radius 2 is 2.36 bits per heavy atom. The first-order valence-corrected chi connectivity index (χ1v) is 3.79. The minimum atomic E-state index is 0.886. The molecule has 0 spiro atoms. The predicted molar refractivity (Wildman–Crippen MR) is 47.8 cm³/mol. The minimum absolute atomic E-state index is 0.886. The molecule has 2 heteroatoms. The second-order valence-electron chi connectivity index (χ2n) is 2.53. The summed E-state index contributed by atoms with van der Waals surface area (Å²) < 4.78 is 0. The summed E-state index contributed by atoms with van der Waals surface area (Å²) in [4.78, 5) is 0. The van der Waals surface area contributed by atoms with Gasteiger partial charge in [-0.05, 0) is 6.08 Å². The molecule has 0 aromatic carbocycles. The Hall–Kier alpha value is -1.02. The van der Waals surface area contributed by atoms with Crippen LogP contribution in [-0.4, -0.2) is 18.1 Å². The molecule has 0 saturated heterocycles. The summed E-state index contributed by atoms with van der Waals surface area (Å²) in [5.74, 6) is 0. The van der Waals surface area contributed by atoms with Crippen LogP contribution in [-0.2, 0) is 0 Å². The highest BCUT2D eigenvalue weighted by molar-refractivity contribution is 5.09. The molecule has 1 aliphatic rings. The van der Waals surface area contributed by atoms with E-state index in [2.05, 4.69) is 29.7 Å². The van der Waals surface area contributed by atoms with E-state index in [1.54, 1.807) is 0 Å². The Bertz CT molecular complexity index is 182. The van der Waals surface area contributed by atoms with Crippen molar-refractivity contribution in [2.75, 3.05) is 13.1 Å². The van der Waals surface area contributed by atoms with E-state index < -0.39 is 0 Å². The number of nitrogens with zero attached hydrogens (tertiary/aromatic N) is 1. The molecule has 0 radical (unpaired) electrons. The lowest BCUT2D eigenvalue weighted by Gasteiger charge is -2.14. The van der Waals surface area contributed by atoms with Gasteiger partial charge in [-0.2, -0.15) is 0 Å². The number of hydrogen-bond donors (Lipinski definition) is 1. The van der Waals surface area contributed by atoms with E-state index >= 15 is 0 Å². The molecule has 1 heterocycles. The highest BCUT2D eigenvalue weighted by Crippen LogP contribution is 2.05. The van der Waals surface area contributed by atoms with Crippen LogP contribution in [0.5, 0.6) is 0 Å². The molecule has 0 aromatic heterocycles. The summed E-state index contributed by atoms with van der Waals surface area (Å²) in [5.41, 5.74) is 4.48. The van der Waals surface area contributed by atoms with Gasteiger partial charge in [0.15, 0.2) is 0 Å². The summed E-state index contributed by atoms with van der Waals surface area (Å²) in [6.45, 7) is 9.20. The normalized spacial score (nSPS) is 17.3. The fourth-order valence-electron chi connectivity index (χ4n) is 1.08. The van der Waals surface area contributed by atoms with E-state index in [4.69, 9.17) is 0 Å². The van der Waals surface area contributed by atoms with Crippen LogP contribution in [0.25, 0.3) is 0 Å². The zero-order chi connectivity index (χ0) is 8.10. The van der Waals surface area contributed by atoms with Crippen LogP contribution < -0.4 is 5.43 Å². The number of hydrazine groups is 1. The number of hydrogen-bond acceptors (Lipinski definition) is 2. The highest BCUT2D eigenvalue weighted by atomic mass is 15.5. The first kappa shape index (κ1) is 8.08. The molecule has 0 aromatic rings. The summed E-state index contributed by atoms with van der Waals surface area (Å²) in [7, 11) is 0. The molecule has 0 unspecified atom stereocenters. The van der Waals surface area contributed by atoms with Crippen LogP contribution >= 0.6 is 0 Å². The van der Waals surface area contributed by atoms with Gasteiger partial charge in [0.05, 0.1) is 0 Å². The maximum absolute atomic E-state index is 3.68. The maximum Gasteiger partial charge on any atom is 0.0383 e. The van der Waals surface area contributed by atoms with Crippen LogP contribution in [0.1, 0.15) is 6.42 Å². The summed E-state index contributed by atoms with van der Waals surface area (Å²) in [6, 6.07) is 0. The van der Waals surface area contributed by atoms with Gasteiger partial charge < -0.3 is 5.43 Å². The van der Waals surface area contributed by atoms with Crippen LogP contribution in [0, 0.1) is 0 Å².